The lowest BCUT2D eigenvalue weighted by Crippen LogP contribution is -2.23. The number of alkyl halides is 3. The second-order valence-corrected chi connectivity index (χ2v) is 9.06. The van der Waals surface area contributed by atoms with Gasteiger partial charge in [0.2, 0.25) is 0 Å². The lowest BCUT2D eigenvalue weighted by Gasteiger charge is -2.11. The molecule has 0 radical (unpaired) electrons. The van der Waals surface area contributed by atoms with Crippen LogP contribution in [0.3, 0.4) is 0 Å². The Balaban J connectivity index is 1.32. The average Bonchev–Trinajstić information content (AvgIpc) is 3.57. The maximum atomic E-state index is 14.0. The van der Waals surface area contributed by atoms with Gasteiger partial charge < -0.3 is 10.6 Å². The van der Waals surface area contributed by atoms with Crippen LogP contribution in [0, 0.1) is 5.82 Å². The fourth-order valence-electron chi connectivity index (χ4n) is 3.52. The molecule has 198 valence electrons. The summed E-state index contributed by atoms with van der Waals surface area (Å²) >= 11 is 0.986. The molecule has 4 aromatic heterocycles. The number of anilines is 2. The lowest BCUT2D eigenvalue weighted by atomic mass is 10.1. The lowest BCUT2D eigenvalue weighted by molar-refractivity contribution is -0.137. The number of aromatic nitrogens is 5. The van der Waals surface area contributed by atoms with Crippen molar-refractivity contribution in [2.75, 3.05) is 10.6 Å². The van der Waals surface area contributed by atoms with Crippen molar-refractivity contribution in [3.63, 3.8) is 0 Å². The minimum atomic E-state index is -4.71. The predicted octanol–water partition coefficient (Wildman–Crippen LogP) is 5.21. The summed E-state index contributed by atoms with van der Waals surface area (Å²) in [5.74, 6) is -1.41. The molecule has 0 atom stereocenters. The number of fused-ring (bicyclic) bond motifs is 1. The molecule has 4 heterocycles. The van der Waals surface area contributed by atoms with Crippen LogP contribution in [0.5, 0.6) is 0 Å². The van der Waals surface area contributed by atoms with Crippen LogP contribution in [0.2, 0.25) is 0 Å². The van der Waals surface area contributed by atoms with Crippen molar-refractivity contribution in [1.29, 1.82) is 0 Å². The number of nitrogens with zero attached hydrogens (tertiary/aromatic N) is 4. The number of H-pyrrole nitrogens is 1. The SMILES string of the molecule is O=C(Nc1ncc(-c2cc(C(=O)NCc3ccncc3)c3cn[nH]c3n2)s1)Nc1cc(C(F)(F)F)ccc1F. The molecule has 10 nitrogen and oxygen atoms in total. The molecular formula is C24H16F4N8O2S. The first kappa shape index (κ1) is 25.7. The molecule has 39 heavy (non-hydrogen) atoms. The number of thiazole rings is 1. The molecule has 4 N–H and O–H groups in total. The van der Waals surface area contributed by atoms with Gasteiger partial charge in [0, 0.05) is 25.1 Å². The molecule has 0 saturated heterocycles. The van der Waals surface area contributed by atoms with E-state index in [4.69, 9.17) is 0 Å². The van der Waals surface area contributed by atoms with E-state index in [0.717, 1.165) is 16.9 Å². The first-order chi connectivity index (χ1) is 18.7. The number of amides is 3. The Labute approximate surface area is 220 Å². The standard InChI is InChI=1S/C24H16F4N8O2S/c25-16-2-1-13(24(26,27)28)7-17(16)34-22(38)35-23-31-11-19(39-23)18-8-14(15-10-32-36-20(15)33-18)21(37)30-9-12-3-5-29-6-4-12/h1-8,10-11H,9H2,(H,30,37)(H,32,33,36)(H2,31,34,35,38). The third-order valence-electron chi connectivity index (χ3n) is 5.39. The van der Waals surface area contributed by atoms with Crippen molar-refractivity contribution in [1.82, 2.24) is 30.5 Å². The van der Waals surface area contributed by atoms with Crippen molar-refractivity contribution >= 4 is 45.1 Å². The summed E-state index contributed by atoms with van der Waals surface area (Å²) in [6, 6.07) is 5.78. The Kier molecular flexibility index (Phi) is 6.89. The Morgan fingerprint density at radius 2 is 1.82 bits per heavy atom. The number of carbonyl (C=O) groups is 2. The molecule has 3 amide bonds. The molecule has 0 saturated carbocycles. The summed E-state index contributed by atoms with van der Waals surface area (Å²) in [4.78, 5) is 38.2. The Bertz CT molecular complexity index is 1670. The van der Waals surface area contributed by atoms with E-state index in [1.165, 1.54) is 12.4 Å². The first-order valence-corrected chi connectivity index (χ1v) is 11.9. The molecule has 0 fully saturated rings. The molecule has 5 rings (SSSR count). The van der Waals surface area contributed by atoms with Gasteiger partial charge in [-0.1, -0.05) is 11.3 Å². The largest absolute Gasteiger partial charge is 0.416 e. The van der Waals surface area contributed by atoms with Gasteiger partial charge in [0.25, 0.3) is 5.91 Å². The van der Waals surface area contributed by atoms with Crippen molar-refractivity contribution < 1.29 is 27.2 Å². The minimum Gasteiger partial charge on any atom is -0.348 e. The summed E-state index contributed by atoms with van der Waals surface area (Å²) in [6.45, 7) is 0.272. The van der Waals surface area contributed by atoms with E-state index >= 15 is 0 Å². The quantitative estimate of drug-likeness (QED) is 0.212. The maximum Gasteiger partial charge on any atom is 0.416 e. The van der Waals surface area contributed by atoms with Crippen LogP contribution in [0.4, 0.5) is 33.2 Å². The van der Waals surface area contributed by atoms with Crippen LogP contribution < -0.4 is 16.0 Å². The highest BCUT2D eigenvalue weighted by Crippen LogP contribution is 2.33. The molecule has 5 aromatic rings. The van der Waals surface area contributed by atoms with E-state index in [1.807, 2.05) is 5.32 Å². The summed E-state index contributed by atoms with van der Waals surface area (Å²) in [5.41, 5.74) is 0.110. The number of benzene rings is 1. The summed E-state index contributed by atoms with van der Waals surface area (Å²) in [7, 11) is 0. The van der Waals surface area contributed by atoms with Crippen LogP contribution in [0.1, 0.15) is 21.5 Å². The van der Waals surface area contributed by atoms with Crippen LogP contribution in [-0.2, 0) is 12.7 Å². The van der Waals surface area contributed by atoms with Gasteiger partial charge in [-0.05, 0) is 42.0 Å². The molecule has 0 aliphatic heterocycles. The Morgan fingerprint density at radius 1 is 1.03 bits per heavy atom. The second-order valence-electron chi connectivity index (χ2n) is 8.03. The average molecular weight is 557 g/mol. The number of pyridine rings is 2. The smallest absolute Gasteiger partial charge is 0.348 e. The summed E-state index contributed by atoms with van der Waals surface area (Å²) in [6.07, 6.45) is 1.40. The first-order valence-electron chi connectivity index (χ1n) is 11.1. The minimum absolute atomic E-state index is 0.0603. The number of halogens is 4. The second kappa shape index (κ2) is 10.4. The maximum absolute atomic E-state index is 14.0. The Hall–Kier alpha value is -4.92. The van der Waals surface area contributed by atoms with Crippen LogP contribution in [0.15, 0.2) is 61.2 Å². The summed E-state index contributed by atoms with van der Waals surface area (Å²) in [5, 5.41) is 14.5. The van der Waals surface area contributed by atoms with Crippen molar-refractivity contribution in [2.24, 2.45) is 0 Å². The number of aromatic amines is 1. The van der Waals surface area contributed by atoms with E-state index in [-0.39, 0.29) is 17.6 Å². The van der Waals surface area contributed by atoms with Crippen LogP contribution >= 0.6 is 11.3 Å². The van der Waals surface area contributed by atoms with Gasteiger partial charge in [-0.2, -0.15) is 18.3 Å². The number of nitrogens with one attached hydrogen (secondary N) is 4. The number of hydrogen-bond donors (Lipinski definition) is 4. The molecule has 15 heteroatoms. The molecule has 0 unspecified atom stereocenters. The molecule has 1 aromatic carbocycles. The van der Waals surface area contributed by atoms with Crippen LogP contribution in [-0.4, -0.2) is 37.1 Å². The van der Waals surface area contributed by atoms with Crippen molar-refractivity contribution in [2.45, 2.75) is 12.7 Å². The van der Waals surface area contributed by atoms with Gasteiger partial charge in [0.05, 0.1) is 39.0 Å². The molecule has 0 aliphatic carbocycles. The van der Waals surface area contributed by atoms with Gasteiger partial charge in [0.15, 0.2) is 10.8 Å². The van der Waals surface area contributed by atoms with E-state index in [9.17, 15) is 27.2 Å². The highest BCUT2D eigenvalue weighted by atomic mass is 32.1. The molecule has 0 bridgehead atoms. The van der Waals surface area contributed by atoms with E-state index in [0.29, 0.717) is 45.4 Å². The zero-order valence-corrected chi connectivity index (χ0v) is 20.3. The van der Waals surface area contributed by atoms with Gasteiger partial charge in [-0.3, -0.25) is 20.2 Å². The summed E-state index contributed by atoms with van der Waals surface area (Å²) < 4.78 is 52.7. The number of carbonyl (C=O) groups excluding carboxylic acids is 2. The molecular weight excluding hydrogens is 540 g/mol. The number of rotatable bonds is 6. The molecule has 0 aliphatic rings. The fourth-order valence-corrected chi connectivity index (χ4v) is 4.29. The van der Waals surface area contributed by atoms with Crippen molar-refractivity contribution in [3.8, 4) is 10.6 Å². The van der Waals surface area contributed by atoms with Gasteiger partial charge >= 0.3 is 12.2 Å². The van der Waals surface area contributed by atoms with Crippen molar-refractivity contribution in [3.05, 3.63) is 83.7 Å². The predicted molar refractivity (Wildman–Crippen MR) is 134 cm³/mol. The fraction of sp³-hybridized carbons (Fsp3) is 0.0833. The van der Waals surface area contributed by atoms with Crippen LogP contribution in [0.25, 0.3) is 21.6 Å². The Morgan fingerprint density at radius 3 is 2.59 bits per heavy atom. The normalized spacial score (nSPS) is 11.4. The van der Waals surface area contributed by atoms with Gasteiger partial charge in [-0.25, -0.2) is 19.2 Å². The molecule has 0 spiro atoms. The zero-order chi connectivity index (χ0) is 27.6. The number of hydrogen-bond acceptors (Lipinski definition) is 7. The zero-order valence-electron chi connectivity index (χ0n) is 19.5. The topological polar surface area (TPSA) is 138 Å². The monoisotopic (exact) mass is 556 g/mol. The van der Waals surface area contributed by atoms with E-state index in [1.54, 1.807) is 30.6 Å². The highest BCUT2D eigenvalue weighted by Gasteiger charge is 2.31. The van der Waals surface area contributed by atoms with E-state index in [2.05, 4.69) is 35.8 Å². The van der Waals surface area contributed by atoms with Gasteiger partial charge in [-0.15, -0.1) is 0 Å². The third kappa shape index (κ3) is 5.82. The highest BCUT2D eigenvalue weighted by molar-refractivity contribution is 7.19. The van der Waals surface area contributed by atoms with E-state index < -0.39 is 29.3 Å². The van der Waals surface area contributed by atoms with Gasteiger partial charge in [0.1, 0.15) is 5.82 Å². The number of urea groups is 1. The third-order valence-corrected chi connectivity index (χ3v) is 6.33.